The van der Waals surface area contributed by atoms with Crippen molar-refractivity contribution in [1.29, 1.82) is 0 Å². The Bertz CT molecular complexity index is 715. The number of likely N-dealkylation sites (N-methyl/N-ethyl adjacent to an activating group) is 1. The van der Waals surface area contributed by atoms with Gasteiger partial charge >= 0.3 is 0 Å². The highest BCUT2D eigenvalue weighted by Crippen LogP contribution is 2.18. The highest BCUT2D eigenvalue weighted by molar-refractivity contribution is 5.45. The molecule has 2 aromatic carbocycles. The van der Waals surface area contributed by atoms with Crippen molar-refractivity contribution >= 4 is 11.4 Å². The van der Waals surface area contributed by atoms with E-state index < -0.39 is 0 Å². The number of aryl methyl sites for hydroxylation is 1. The van der Waals surface area contributed by atoms with Crippen molar-refractivity contribution in [1.82, 2.24) is 0 Å². The lowest BCUT2D eigenvalue weighted by Crippen LogP contribution is -2.47. The van der Waals surface area contributed by atoms with Crippen LogP contribution in [-0.2, 0) is 6.54 Å². The molecule has 5 heteroatoms. The summed E-state index contributed by atoms with van der Waals surface area (Å²) in [6.45, 7) is 8.19. The highest BCUT2D eigenvalue weighted by atomic mass is 16.6. The van der Waals surface area contributed by atoms with Crippen LogP contribution in [0, 0.1) is 17.0 Å². The third kappa shape index (κ3) is 6.15. The van der Waals surface area contributed by atoms with Gasteiger partial charge in [-0.1, -0.05) is 25.5 Å². The molecule has 0 aliphatic carbocycles. The molecular weight excluding hydrogens is 326 g/mol. The Morgan fingerprint density at radius 3 is 2.46 bits per heavy atom. The molecule has 0 heterocycles. The summed E-state index contributed by atoms with van der Waals surface area (Å²) in [7, 11) is 2.27. The molecule has 0 bridgehead atoms. The number of non-ortho nitro benzene ring substituents is 1. The smallest absolute Gasteiger partial charge is 0.269 e. The Balaban J connectivity index is 2.00. The van der Waals surface area contributed by atoms with Gasteiger partial charge in [-0.3, -0.25) is 10.1 Å². The topological polar surface area (TPSA) is 55.2 Å². The van der Waals surface area contributed by atoms with Gasteiger partial charge in [0, 0.05) is 23.4 Å². The van der Waals surface area contributed by atoms with Crippen molar-refractivity contribution in [3.63, 3.8) is 0 Å². The number of rotatable bonds is 10. The molecule has 0 spiro atoms. The normalized spacial score (nSPS) is 13.2. The molecule has 2 rings (SSSR count). The van der Waals surface area contributed by atoms with Gasteiger partial charge in [0.15, 0.2) is 0 Å². The maximum Gasteiger partial charge on any atom is 0.269 e. The minimum atomic E-state index is -0.347. The zero-order valence-electron chi connectivity index (χ0n) is 16.1. The molecule has 0 amide bonds. The van der Waals surface area contributed by atoms with Crippen molar-refractivity contribution in [2.24, 2.45) is 0 Å². The number of nitro groups is 1. The van der Waals surface area contributed by atoms with Crippen molar-refractivity contribution in [2.45, 2.75) is 33.2 Å². The van der Waals surface area contributed by atoms with Gasteiger partial charge in [0.05, 0.1) is 31.6 Å². The Hall–Kier alpha value is -2.40. The number of unbranched alkanes of at least 4 members (excludes halogenated alkanes) is 1. The van der Waals surface area contributed by atoms with E-state index >= 15 is 0 Å². The molecule has 0 saturated heterocycles. The van der Waals surface area contributed by atoms with Gasteiger partial charge in [-0.25, -0.2) is 0 Å². The first-order chi connectivity index (χ1) is 12.4. The first kappa shape index (κ1) is 19.9. The van der Waals surface area contributed by atoms with Crippen molar-refractivity contribution in [2.75, 3.05) is 32.0 Å². The number of nitro benzene ring substituents is 1. The molecule has 5 nitrogen and oxygen atoms in total. The molecule has 26 heavy (non-hydrogen) atoms. The third-order valence-corrected chi connectivity index (χ3v) is 4.76. The van der Waals surface area contributed by atoms with E-state index in [0.717, 1.165) is 41.9 Å². The van der Waals surface area contributed by atoms with Crippen LogP contribution in [-0.4, -0.2) is 36.1 Å². The third-order valence-electron chi connectivity index (χ3n) is 4.76. The van der Waals surface area contributed by atoms with Crippen molar-refractivity contribution in [3.05, 3.63) is 69.8 Å². The van der Waals surface area contributed by atoms with Gasteiger partial charge in [-0.2, -0.15) is 0 Å². The Kier molecular flexibility index (Phi) is 7.16. The molecule has 0 fully saturated rings. The van der Waals surface area contributed by atoms with Crippen LogP contribution in [0.1, 0.15) is 30.9 Å². The minimum Gasteiger partial charge on any atom is -0.379 e. The standard InChI is InChI=1S/C21H30N3O2/c1-4-5-14-24(3,15-13-22-20-8-6-7-18(2)16-20)17-19-9-11-21(12-10-19)23(25)26/h6-12,16,22H,4-5,13-15,17H2,1-3H3/q+1. The monoisotopic (exact) mass is 356 g/mol. The Labute approximate surface area is 156 Å². The minimum absolute atomic E-state index is 0.151. The van der Waals surface area contributed by atoms with Crippen LogP contribution in [0.25, 0.3) is 0 Å². The van der Waals surface area contributed by atoms with Crippen LogP contribution in [0.2, 0.25) is 0 Å². The summed E-state index contributed by atoms with van der Waals surface area (Å²) in [5.41, 5.74) is 3.70. The van der Waals surface area contributed by atoms with Gasteiger partial charge in [0.1, 0.15) is 6.54 Å². The lowest BCUT2D eigenvalue weighted by atomic mass is 10.1. The molecule has 140 valence electrons. The van der Waals surface area contributed by atoms with Gasteiger partial charge in [0.2, 0.25) is 0 Å². The average molecular weight is 356 g/mol. The second-order valence-electron chi connectivity index (χ2n) is 7.30. The molecule has 0 aliphatic rings. The summed E-state index contributed by atoms with van der Waals surface area (Å²) in [6, 6.07) is 15.4. The zero-order valence-corrected chi connectivity index (χ0v) is 16.1. The first-order valence-electron chi connectivity index (χ1n) is 9.29. The Morgan fingerprint density at radius 1 is 1.12 bits per heavy atom. The molecule has 0 radical (unpaired) electrons. The second kappa shape index (κ2) is 9.34. The number of anilines is 1. The van der Waals surface area contributed by atoms with Gasteiger partial charge < -0.3 is 9.80 Å². The molecule has 1 N–H and O–H groups in total. The lowest BCUT2D eigenvalue weighted by Gasteiger charge is -2.35. The summed E-state index contributed by atoms with van der Waals surface area (Å²) >= 11 is 0. The van der Waals surface area contributed by atoms with Crippen LogP contribution in [0.4, 0.5) is 11.4 Å². The summed E-state index contributed by atoms with van der Waals surface area (Å²) in [6.07, 6.45) is 2.34. The largest absolute Gasteiger partial charge is 0.379 e. The zero-order chi connectivity index (χ0) is 19.0. The number of quaternary nitrogens is 1. The fourth-order valence-electron chi connectivity index (χ4n) is 3.20. The maximum atomic E-state index is 10.8. The summed E-state index contributed by atoms with van der Waals surface area (Å²) in [5, 5.41) is 14.4. The van der Waals surface area contributed by atoms with E-state index in [1.54, 1.807) is 12.1 Å². The van der Waals surface area contributed by atoms with Crippen molar-refractivity contribution in [3.8, 4) is 0 Å². The molecule has 0 aliphatic heterocycles. The van der Waals surface area contributed by atoms with Crippen LogP contribution in [0.15, 0.2) is 48.5 Å². The van der Waals surface area contributed by atoms with Gasteiger partial charge in [-0.15, -0.1) is 0 Å². The van der Waals surface area contributed by atoms with E-state index in [-0.39, 0.29) is 10.6 Å². The SMILES string of the molecule is CCCC[N+](C)(CCNc1cccc(C)c1)Cc1ccc([N+](=O)[O-])cc1. The van der Waals surface area contributed by atoms with Crippen LogP contribution < -0.4 is 5.32 Å². The van der Waals surface area contributed by atoms with E-state index in [4.69, 9.17) is 0 Å². The molecule has 2 aromatic rings. The molecular formula is C21H30N3O2+. The lowest BCUT2D eigenvalue weighted by molar-refractivity contribution is -0.921. The number of nitrogens with one attached hydrogen (secondary N) is 1. The number of hydrogen-bond donors (Lipinski definition) is 1. The van der Waals surface area contributed by atoms with Gasteiger partial charge in [0.25, 0.3) is 5.69 Å². The predicted molar refractivity (Wildman–Crippen MR) is 107 cm³/mol. The Morgan fingerprint density at radius 2 is 1.85 bits per heavy atom. The first-order valence-corrected chi connectivity index (χ1v) is 9.29. The average Bonchev–Trinajstić information content (AvgIpc) is 2.60. The second-order valence-corrected chi connectivity index (χ2v) is 7.30. The summed E-state index contributed by atoms with van der Waals surface area (Å²) < 4.78 is 0.921. The van der Waals surface area contributed by atoms with E-state index in [2.05, 4.69) is 50.5 Å². The summed E-state index contributed by atoms with van der Waals surface area (Å²) in [5.74, 6) is 0. The van der Waals surface area contributed by atoms with E-state index in [1.165, 1.54) is 18.4 Å². The van der Waals surface area contributed by atoms with Gasteiger partial charge in [-0.05, 0) is 43.2 Å². The maximum absolute atomic E-state index is 10.8. The van der Waals surface area contributed by atoms with Crippen LogP contribution >= 0.6 is 0 Å². The number of benzene rings is 2. The molecule has 1 atom stereocenters. The van der Waals surface area contributed by atoms with E-state index in [0.29, 0.717) is 0 Å². The quantitative estimate of drug-likeness (QED) is 0.379. The molecule has 1 unspecified atom stereocenters. The fourth-order valence-corrected chi connectivity index (χ4v) is 3.20. The van der Waals surface area contributed by atoms with Crippen molar-refractivity contribution < 1.29 is 9.41 Å². The molecule has 0 saturated carbocycles. The van der Waals surface area contributed by atoms with E-state index in [9.17, 15) is 10.1 Å². The van der Waals surface area contributed by atoms with Crippen LogP contribution in [0.5, 0.6) is 0 Å². The predicted octanol–water partition coefficient (Wildman–Crippen LogP) is 4.76. The van der Waals surface area contributed by atoms with E-state index in [1.807, 2.05) is 12.1 Å². The highest BCUT2D eigenvalue weighted by Gasteiger charge is 2.21. The van der Waals surface area contributed by atoms with Crippen LogP contribution in [0.3, 0.4) is 0 Å². The molecule has 0 aromatic heterocycles. The fraction of sp³-hybridized carbons (Fsp3) is 0.429. The number of hydrogen-bond acceptors (Lipinski definition) is 3. The number of nitrogens with zero attached hydrogens (tertiary/aromatic N) is 2. The summed E-state index contributed by atoms with van der Waals surface area (Å²) in [4.78, 5) is 10.5.